The van der Waals surface area contributed by atoms with Gasteiger partial charge in [-0.05, 0) is 34.5 Å². The standard InChI is InChI=1S/C23H22N4O3S.ClH/c1-2-21(18-9-5-7-15-6-3-4-8-17(15)18)31(29,30)23-19-11-10-16(14-20(19)26-27-23)25-22(28)12-13-24;/h2-11,14,21H,1,12-13,24H2,(H,25,28)(H,26,27);1H. The zero-order valence-corrected chi connectivity index (χ0v) is 18.7. The van der Waals surface area contributed by atoms with Gasteiger partial charge in [0.15, 0.2) is 5.03 Å². The number of nitrogens with two attached hydrogens (primary N) is 1. The fourth-order valence-corrected chi connectivity index (χ4v) is 5.37. The first-order valence-electron chi connectivity index (χ1n) is 9.78. The number of nitrogens with zero attached hydrogens (tertiary/aromatic N) is 1. The zero-order valence-electron chi connectivity index (χ0n) is 17.1. The molecule has 3 aromatic carbocycles. The molecule has 4 N–H and O–H groups in total. The van der Waals surface area contributed by atoms with Crippen molar-refractivity contribution in [2.75, 3.05) is 11.9 Å². The summed E-state index contributed by atoms with van der Waals surface area (Å²) >= 11 is 0. The van der Waals surface area contributed by atoms with Gasteiger partial charge in [0.25, 0.3) is 0 Å². The van der Waals surface area contributed by atoms with E-state index in [0.717, 1.165) is 10.8 Å². The van der Waals surface area contributed by atoms with Crippen LogP contribution in [0, 0.1) is 0 Å². The topological polar surface area (TPSA) is 118 Å². The molecule has 0 saturated carbocycles. The van der Waals surface area contributed by atoms with Gasteiger partial charge < -0.3 is 11.1 Å². The van der Waals surface area contributed by atoms with Crippen molar-refractivity contribution in [1.82, 2.24) is 10.2 Å². The normalized spacial score (nSPS) is 12.3. The molecular formula is C23H23ClN4O3S. The van der Waals surface area contributed by atoms with Gasteiger partial charge in [-0.2, -0.15) is 5.10 Å². The first-order chi connectivity index (χ1) is 15.0. The van der Waals surface area contributed by atoms with Crippen LogP contribution in [0.25, 0.3) is 21.7 Å². The molecule has 0 aliphatic heterocycles. The number of halogens is 1. The lowest BCUT2D eigenvalue weighted by Crippen LogP contribution is -2.16. The summed E-state index contributed by atoms with van der Waals surface area (Å²) in [5.74, 6) is -0.211. The Morgan fingerprint density at radius 2 is 1.88 bits per heavy atom. The molecule has 0 saturated heterocycles. The molecule has 0 radical (unpaired) electrons. The smallest absolute Gasteiger partial charge is 0.225 e. The van der Waals surface area contributed by atoms with Crippen LogP contribution in [0.5, 0.6) is 0 Å². The third-order valence-electron chi connectivity index (χ3n) is 5.13. The molecule has 1 heterocycles. The number of anilines is 1. The molecule has 0 bridgehead atoms. The van der Waals surface area contributed by atoms with Crippen molar-refractivity contribution in [3.8, 4) is 0 Å². The van der Waals surface area contributed by atoms with Crippen LogP contribution < -0.4 is 11.1 Å². The molecule has 9 heteroatoms. The molecule has 0 fully saturated rings. The van der Waals surface area contributed by atoms with Gasteiger partial charge in [0, 0.05) is 24.0 Å². The average Bonchev–Trinajstić information content (AvgIpc) is 3.18. The molecule has 7 nitrogen and oxygen atoms in total. The van der Waals surface area contributed by atoms with E-state index in [1.54, 1.807) is 24.3 Å². The Morgan fingerprint density at radius 3 is 2.62 bits per heavy atom. The summed E-state index contributed by atoms with van der Waals surface area (Å²) in [4.78, 5) is 11.8. The van der Waals surface area contributed by atoms with E-state index >= 15 is 0 Å². The number of carbonyl (C=O) groups is 1. The number of benzene rings is 3. The number of sulfone groups is 1. The van der Waals surface area contributed by atoms with Gasteiger partial charge in [-0.3, -0.25) is 9.89 Å². The molecule has 0 aliphatic carbocycles. The minimum Gasteiger partial charge on any atom is -0.330 e. The average molecular weight is 471 g/mol. The Hall–Kier alpha value is -3.20. The molecule has 32 heavy (non-hydrogen) atoms. The highest BCUT2D eigenvalue weighted by Crippen LogP contribution is 2.36. The lowest BCUT2D eigenvalue weighted by Gasteiger charge is -2.15. The van der Waals surface area contributed by atoms with Crippen molar-refractivity contribution in [3.05, 3.63) is 78.9 Å². The molecule has 4 rings (SSSR count). The van der Waals surface area contributed by atoms with Gasteiger partial charge in [0.1, 0.15) is 5.25 Å². The van der Waals surface area contributed by atoms with Crippen LogP contribution in [0.15, 0.2) is 78.3 Å². The maximum Gasteiger partial charge on any atom is 0.225 e. The first kappa shape index (κ1) is 23.5. The second-order valence-corrected chi connectivity index (χ2v) is 9.13. The Labute approximate surface area is 192 Å². The maximum absolute atomic E-state index is 13.6. The minimum absolute atomic E-state index is 0. The monoisotopic (exact) mass is 470 g/mol. The largest absolute Gasteiger partial charge is 0.330 e. The van der Waals surface area contributed by atoms with E-state index in [1.807, 2.05) is 36.4 Å². The minimum atomic E-state index is -3.89. The van der Waals surface area contributed by atoms with Gasteiger partial charge in [0.05, 0.1) is 5.52 Å². The van der Waals surface area contributed by atoms with Crippen LogP contribution in [0.2, 0.25) is 0 Å². The van der Waals surface area contributed by atoms with Crippen molar-refractivity contribution in [2.45, 2.75) is 16.7 Å². The van der Waals surface area contributed by atoms with E-state index in [0.29, 0.717) is 22.2 Å². The van der Waals surface area contributed by atoms with E-state index in [4.69, 9.17) is 5.73 Å². The quantitative estimate of drug-likeness (QED) is 0.351. The fourth-order valence-electron chi connectivity index (χ4n) is 3.68. The number of hydrogen-bond donors (Lipinski definition) is 3. The number of aromatic amines is 1. The first-order valence-corrected chi connectivity index (χ1v) is 11.3. The van der Waals surface area contributed by atoms with Crippen molar-refractivity contribution in [2.24, 2.45) is 5.73 Å². The van der Waals surface area contributed by atoms with Gasteiger partial charge in [-0.1, -0.05) is 48.5 Å². The summed E-state index contributed by atoms with van der Waals surface area (Å²) in [6.45, 7) is 4.04. The van der Waals surface area contributed by atoms with Gasteiger partial charge >= 0.3 is 0 Å². The number of hydrogen-bond acceptors (Lipinski definition) is 5. The van der Waals surface area contributed by atoms with Crippen molar-refractivity contribution < 1.29 is 13.2 Å². The summed E-state index contributed by atoms with van der Waals surface area (Å²) in [7, 11) is -3.89. The van der Waals surface area contributed by atoms with E-state index in [-0.39, 0.29) is 36.3 Å². The highest BCUT2D eigenvalue weighted by Gasteiger charge is 2.31. The molecule has 0 aliphatic rings. The van der Waals surface area contributed by atoms with Crippen LogP contribution in [0.1, 0.15) is 17.2 Å². The number of amides is 1. The molecule has 1 aromatic heterocycles. The maximum atomic E-state index is 13.6. The Kier molecular flexibility index (Phi) is 6.98. The third kappa shape index (κ3) is 4.25. The highest BCUT2D eigenvalue weighted by molar-refractivity contribution is 7.92. The molecule has 1 amide bonds. The van der Waals surface area contributed by atoms with Crippen LogP contribution in [0.4, 0.5) is 5.69 Å². The lowest BCUT2D eigenvalue weighted by molar-refractivity contribution is -0.116. The summed E-state index contributed by atoms with van der Waals surface area (Å²) in [6, 6.07) is 18.1. The number of H-pyrrole nitrogens is 1. The fraction of sp³-hybridized carbons (Fsp3) is 0.130. The van der Waals surface area contributed by atoms with Crippen LogP contribution >= 0.6 is 12.4 Å². The van der Waals surface area contributed by atoms with E-state index in [9.17, 15) is 13.2 Å². The Morgan fingerprint density at radius 1 is 1.12 bits per heavy atom. The van der Waals surface area contributed by atoms with Crippen molar-refractivity contribution >= 4 is 55.5 Å². The van der Waals surface area contributed by atoms with Crippen LogP contribution in [-0.2, 0) is 14.6 Å². The number of fused-ring (bicyclic) bond motifs is 2. The predicted octanol–water partition coefficient (Wildman–Crippen LogP) is 4.13. The molecule has 0 spiro atoms. The summed E-state index contributed by atoms with van der Waals surface area (Å²) in [6.07, 6.45) is 1.63. The van der Waals surface area contributed by atoms with Gasteiger partial charge in [-0.25, -0.2) is 8.42 Å². The van der Waals surface area contributed by atoms with Crippen LogP contribution in [-0.4, -0.2) is 31.1 Å². The second kappa shape index (κ2) is 9.52. The zero-order chi connectivity index (χ0) is 22.0. The highest BCUT2D eigenvalue weighted by atomic mass is 35.5. The molecular weight excluding hydrogens is 448 g/mol. The number of carbonyl (C=O) groups excluding carboxylic acids is 1. The van der Waals surface area contributed by atoms with Gasteiger partial charge in [-0.15, -0.1) is 19.0 Å². The molecule has 4 aromatic rings. The van der Waals surface area contributed by atoms with E-state index in [2.05, 4.69) is 22.1 Å². The van der Waals surface area contributed by atoms with Crippen molar-refractivity contribution in [1.29, 1.82) is 0 Å². The predicted molar refractivity (Wildman–Crippen MR) is 130 cm³/mol. The third-order valence-corrected chi connectivity index (χ3v) is 7.10. The molecule has 1 unspecified atom stereocenters. The Bertz CT molecular complexity index is 1390. The number of aromatic nitrogens is 2. The lowest BCUT2D eigenvalue weighted by atomic mass is 10.0. The summed E-state index contributed by atoms with van der Waals surface area (Å²) in [5.41, 5.74) is 7.08. The van der Waals surface area contributed by atoms with Crippen LogP contribution in [0.3, 0.4) is 0 Å². The Balaban J connectivity index is 0.00000289. The SMILES string of the molecule is C=CC(c1cccc2ccccc12)S(=O)(=O)c1n[nH]c2cc(NC(=O)CCN)ccc12.Cl. The van der Waals surface area contributed by atoms with Crippen molar-refractivity contribution in [3.63, 3.8) is 0 Å². The van der Waals surface area contributed by atoms with E-state index in [1.165, 1.54) is 6.08 Å². The second-order valence-electron chi connectivity index (χ2n) is 7.15. The summed E-state index contributed by atoms with van der Waals surface area (Å²) < 4.78 is 27.2. The number of rotatable bonds is 7. The number of nitrogens with one attached hydrogen (secondary N) is 2. The molecule has 1 atom stereocenters. The summed E-state index contributed by atoms with van der Waals surface area (Å²) in [5, 5.41) is 10.8. The van der Waals surface area contributed by atoms with Gasteiger partial charge in [0.2, 0.25) is 15.7 Å². The molecule has 166 valence electrons. The van der Waals surface area contributed by atoms with E-state index < -0.39 is 15.1 Å².